The quantitative estimate of drug-likeness (QED) is 0.605. The fourth-order valence-corrected chi connectivity index (χ4v) is 3.98. The molecule has 8 heteroatoms. The van der Waals surface area contributed by atoms with Crippen LogP contribution < -0.4 is 4.90 Å². The average Bonchev–Trinajstić information content (AvgIpc) is 3.12. The fourth-order valence-electron chi connectivity index (χ4n) is 3.98. The van der Waals surface area contributed by atoms with Crippen LogP contribution in [0.1, 0.15) is 32.1 Å². The Morgan fingerprint density at radius 3 is 2.23 bits per heavy atom. The van der Waals surface area contributed by atoms with Crippen LogP contribution in [0.15, 0.2) is 48.7 Å². The molecule has 0 atom stereocenters. The lowest BCUT2D eigenvalue weighted by Crippen LogP contribution is -2.49. The number of piperazine rings is 1. The standard InChI is InChI=1S/C23H25N5O3/c1-16-21(17(2)28(25-16)20-6-4-5-11-24-20)26-12-14-27(15-13-26)22(29)18-7-9-19(10-8-18)23(30)31-3/h4-11H,12-15H2,1-3H3. The number of benzene rings is 1. The number of carbonyl (C=O) groups excluding carboxylic acids is 2. The zero-order chi connectivity index (χ0) is 22.0. The number of aromatic nitrogens is 3. The van der Waals surface area contributed by atoms with Gasteiger partial charge in [0.15, 0.2) is 5.82 Å². The molecule has 3 heterocycles. The van der Waals surface area contributed by atoms with Gasteiger partial charge in [-0.05, 0) is 50.2 Å². The van der Waals surface area contributed by atoms with Crippen molar-refractivity contribution in [2.45, 2.75) is 13.8 Å². The summed E-state index contributed by atoms with van der Waals surface area (Å²) in [6.07, 6.45) is 1.76. The normalized spacial score (nSPS) is 13.9. The number of aryl methyl sites for hydroxylation is 1. The van der Waals surface area contributed by atoms with Crippen molar-refractivity contribution in [2.24, 2.45) is 0 Å². The molecule has 3 aromatic rings. The van der Waals surface area contributed by atoms with Crippen molar-refractivity contribution in [3.63, 3.8) is 0 Å². The monoisotopic (exact) mass is 419 g/mol. The van der Waals surface area contributed by atoms with E-state index in [1.807, 2.05) is 41.6 Å². The minimum absolute atomic E-state index is 0.0336. The van der Waals surface area contributed by atoms with E-state index >= 15 is 0 Å². The lowest BCUT2D eigenvalue weighted by Gasteiger charge is -2.36. The summed E-state index contributed by atoms with van der Waals surface area (Å²) in [6.45, 7) is 6.73. The third kappa shape index (κ3) is 4.01. The highest BCUT2D eigenvalue weighted by Crippen LogP contribution is 2.27. The summed E-state index contributed by atoms with van der Waals surface area (Å²) in [5.74, 6) is 0.344. The number of carbonyl (C=O) groups is 2. The Bertz CT molecular complexity index is 1080. The van der Waals surface area contributed by atoms with E-state index in [4.69, 9.17) is 4.74 Å². The summed E-state index contributed by atoms with van der Waals surface area (Å²) in [7, 11) is 1.34. The fraction of sp³-hybridized carbons (Fsp3) is 0.304. The first kappa shape index (κ1) is 20.6. The van der Waals surface area contributed by atoms with E-state index in [-0.39, 0.29) is 5.91 Å². The topological polar surface area (TPSA) is 80.6 Å². The summed E-state index contributed by atoms with van der Waals surface area (Å²) in [5, 5.41) is 4.68. The molecule has 31 heavy (non-hydrogen) atoms. The first-order valence-corrected chi connectivity index (χ1v) is 10.2. The van der Waals surface area contributed by atoms with Gasteiger partial charge in [0.2, 0.25) is 0 Å². The molecular formula is C23H25N5O3. The molecule has 1 aliphatic rings. The zero-order valence-corrected chi connectivity index (χ0v) is 17.9. The Labute approximate surface area is 181 Å². The number of rotatable bonds is 4. The van der Waals surface area contributed by atoms with Gasteiger partial charge in [0, 0.05) is 37.9 Å². The van der Waals surface area contributed by atoms with E-state index in [0.717, 1.165) is 36.0 Å². The summed E-state index contributed by atoms with van der Waals surface area (Å²) < 4.78 is 6.57. The van der Waals surface area contributed by atoms with Crippen molar-refractivity contribution in [2.75, 3.05) is 38.2 Å². The third-order valence-electron chi connectivity index (χ3n) is 5.56. The van der Waals surface area contributed by atoms with Gasteiger partial charge < -0.3 is 14.5 Å². The van der Waals surface area contributed by atoms with Gasteiger partial charge in [0.1, 0.15) is 0 Å². The SMILES string of the molecule is COC(=O)c1ccc(C(=O)N2CCN(c3c(C)nn(-c4ccccn4)c3C)CC2)cc1. The van der Waals surface area contributed by atoms with Gasteiger partial charge in [-0.15, -0.1) is 0 Å². The Balaban J connectivity index is 1.45. The second-order valence-corrected chi connectivity index (χ2v) is 7.47. The molecular weight excluding hydrogens is 394 g/mol. The van der Waals surface area contributed by atoms with E-state index in [2.05, 4.69) is 15.0 Å². The molecule has 0 saturated carbocycles. The first-order chi connectivity index (χ1) is 15.0. The number of esters is 1. The van der Waals surface area contributed by atoms with Crippen molar-refractivity contribution in [1.82, 2.24) is 19.7 Å². The lowest BCUT2D eigenvalue weighted by molar-refractivity contribution is 0.0599. The molecule has 0 spiro atoms. The highest BCUT2D eigenvalue weighted by atomic mass is 16.5. The van der Waals surface area contributed by atoms with Gasteiger partial charge in [0.05, 0.1) is 29.7 Å². The number of pyridine rings is 1. The second kappa shape index (κ2) is 8.59. The predicted molar refractivity (Wildman–Crippen MR) is 117 cm³/mol. The van der Waals surface area contributed by atoms with Crippen molar-refractivity contribution >= 4 is 17.6 Å². The Kier molecular flexibility index (Phi) is 5.70. The highest BCUT2D eigenvalue weighted by Gasteiger charge is 2.26. The largest absolute Gasteiger partial charge is 0.465 e. The number of nitrogens with zero attached hydrogens (tertiary/aromatic N) is 5. The molecule has 0 N–H and O–H groups in total. The maximum Gasteiger partial charge on any atom is 0.337 e. The molecule has 0 aliphatic carbocycles. The number of methoxy groups -OCH3 is 1. The van der Waals surface area contributed by atoms with Crippen LogP contribution in [0, 0.1) is 13.8 Å². The van der Waals surface area contributed by atoms with Gasteiger partial charge >= 0.3 is 5.97 Å². The van der Waals surface area contributed by atoms with E-state index in [1.54, 1.807) is 30.5 Å². The number of hydrogen-bond donors (Lipinski definition) is 0. The average molecular weight is 419 g/mol. The first-order valence-electron chi connectivity index (χ1n) is 10.2. The summed E-state index contributed by atoms with van der Waals surface area (Å²) in [4.78, 5) is 33.0. The van der Waals surface area contributed by atoms with Crippen LogP contribution in [0.3, 0.4) is 0 Å². The maximum absolute atomic E-state index is 12.9. The molecule has 1 aromatic carbocycles. The number of ether oxygens (including phenoxy) is 1. The van der Waals surface area contributed by atoms with Crippen LogP contribution in [0.4, 0.5) is 5.69 Å². The number of hydrogen-bond acceptors (Lipinski definition) is 6. The van der Waals surface area contributed by atoms with Crippen LogP contribution in [-0.4, -0.2) is 64.8 Å². The molecule has 1 saturated heterocycles. The predicted octanol–water partition coefficient (Wildman–Crippen LogP) is 2.63. The van der Waals surface area contributed by atoms with Gasteiger partial charge in [-0.25, -0.2) is 14.5 Å². The minimum Gasteiger partial charge on any atom is -0.465 e. The summed E-state index contributed by atoms with van der Waals surface area (Å²) in [5.41, 5.74) is 4.08. The minimum atomic E-state index is -0.412. The highest BCUT2D eigenvalue weighted by molar-refractivity contribution is 5.96. The molecule has 1 aliphatic heterocycles. The molecule has 0 radical (unpaired) electrons. The van der Waals surface area contributed by atoms with E-state index in [1.165, 1.54) is 7.11 Å². The smallest absolute Gasteiger partial charge is 0.337 e. The van der Waals surface area contributed by atoms with Gasteiger partial charge in [-0.2, -0.15) is 5.10 Å². The van der Waals surface area contributed by atoms with Crippen LogP contribution in [0.5, 0.6) is 0 Å². The van der Waals surface area contributed by atoms with Crippen LogP contribution in [-0.2, 0) is 4.74 Å². The molecule has 2 aromatic heterocycles. The molecule has 1 fully saturated rings. The van der Waals surface area contributed by atoms with Gasteiger partial charge in [-0.3, -0.25) is 4.79 Å². The van der Waals surface area contributed by atoms with Crippen molar-refractivity contribution in [3.05, 3.63) is 71.2 Å². The Morgan fingerprint density at radius 1 is 0.935 bits per heavy atom. The molecule has 160 valence electrons. The summed E-state index contributed by atoms with van der Waals surface area (Å²) >= 11 is 0. The van der Waals surface area contributed by atoms with Gasteiger partial charge in [-0.1, -0.05) is 6.07 Å². The maximum atomic E-state index is 12.9. The number of anilines is 1. The molecule has 8 nitrogen and oxygen atoms in total. The Morgan fingerprint density at radius 2 is 1.61 bits per heavy atom. The van der Waals surface area contributed by atoms with Crippen molar-refractivity contribution in [1.29, 1.82) is 0 Å². The van der Waals surface area contributed by atoms with Gasteiger partial charge in [0.25, 0.3) is 5.91 Å². The van der Waals surface area contributed by atoms with Crippen LogP contribution >= 0.6 is 0 Å². The third-order valence-corrected chi connectivity index (χ3v) is 5.56. The van der Waals surface area contributed by atoms with Crippen molar-refractivity contribution < 1.29 is 14.3 Å². The molecule has 0 unspecified atom stereocenters. The van der Waals surface area contributed by atoms with E-state index in [0.29, 0.717) is 24.2 Å². The summed E-state index contributed by atoms with van der Waals surface area (Å²) in [6, 6.07) is 12.3. The lowest BCUT2D eigenvalue weighted by atomic mass is 10.1. The van der Waals surface area contributed by atoms with Crippen LogP contribution in [0.25, 0.3) is 5.82 Å². The van der Waals surface area contributed by atoms with E-state index in [9.17, 15) is 9.59 Å². The second-order valence-electron chi connectivity index (χ2n) is 7.47. The molecule has 0 bridgehead atoms. The van der Waals surface area contributed by atoms with Crippen molar-refractivity contribution in [3.8, 4) is 5.82 Å². The zero-order valence-electron chi connectivity index (χ0n) is 17.9. The number of amides is 1. The molecule has 4 rings (SSSR count). The molecule has 1 amide bonds. The van der Waals surface area contributed by atoms with Crippen LogP contribution in [0.2, 0.25) is 0 Å². The van der Waals surface area contributed by atoms with E-state index < -0.39 is 5.97 Å². The Hall–Kier alpha value is -3.68.